The van der Waals surface area contributed by atoms with E-state index in [-0.39, 0.29) is 6.29 Å². The van der Waals surface area contributed by atoms with Gasteiger partial charge in [-0.3, -0.25) is 4.79 Å². The largest absolute Gasteiger partial charge is 0.456 e. The highest BCUT2D eigenvalue weighted by Gasteiger charge is 2.29. The second-order valence-corrected chi connectivity index (χ2v) is 1.65. The SMILES string of the molecule is O=CCC(=O)OCC(F)(F)F. The predicted molar refractivity (Wildman–Crippen MR) is 27.7 cm³/mol. The molecule has 0 rings (SSSR count). The smallest absolute Gasteiger partial charge is 0.422 e. The van der Waals surface area contributed by atoms with Crippen LogP contribution >= 0.6 is 0 Å². The summed E-state index contributed by atoms with van der Waals surface area (Å²) < 4.78 is 37.5. The molecule has 0 unspecified atom stereocenters. The number of aldehydes is 1. The molecular formula is C5H5F3O3. The van der Waals surface area contributed by atoms with Gasteiger partial charge in [-0.05, 0) is 0 Å². The summed E-state index contributed by atoms with van der Waals surface area (Å²) >= 11 is 0. The van der Waals surface area contributed by atoms with Gasteiger partial charge in [-0.2, -0.15) is 13.2 Å². The summed E-state index contributed by atoms with van der Waals surface area (Å²) in [7, 11) is 0. The van der Waals surface area contributed by atoms with Crippen LogP contribution in [0.15, 0.2) is 0 Å². The molecule has 0 aliphatic rings. The minimum atomic E-state index is -4.53. The molecule has 0 saturated carbocycles. The van der Waals surface area contributed by atoms with E-state index in [2.05, 4.69) is 4.74 Å². The van der Waals surface area contributed by atoms with Crippen LogP contribution in [0, 0.1) is 0 Å². The molecular weight excluding hydrogens is 165 g/mol. The van der Waals surface area contributed by atoms with Crippen LogP contribution in [-0.2, 0) is 14.3 Å². The van der Waals surface area contributed by atoms with Crippen molar-refractivity contribution in [3.05, 3.63) is 0 Å². The zero-order valence-corrected chi connectivity index (χ0v) is 5.35. The number of carbonyl (C=O) groups excluding carboxylic acids is 2. The zero-order valence-electron chi connectivity index (χ0n) is 5.35. The van der Waals surface area contributed by atoms with Crippen molar-refractivity contribution < 1.29 is 27.5 Å². The average Bonchev–Trinajstić information content (AvgIpc) is 1.83. The lowest BCUT2D eigenvalue weighted by molar-refractivity contribution is -0.186. The van der Waals surface area contributed by atoms with E-state index in [1.54, 1.807) is 0 Å². The third kappa shape index (κ3) is 6.82. The molecule has 64 valence electrons. The van der Waals surface area contributed by atoms with Gasteiger partial charge < -0.3 is 9.53 Å². The van der Waals surface area contributed by atoms with Crippen LogP contribution in [-0.4, -0.2) is 25.0 Å². The normalized spacial score (nSPS) is 10.8. The quantitative estimate of drug-likeness (QED) is 0.355. The second kappa shape index (κ2) is 3.95. The van der Waals surface area contributed by atoms with Crippen molar-refractivity contribution in [2.75, 3.05) is 6.61 Å². The monoisotopic (exact) mass is 170 g/mol. The van der Waals surface area contributed by atoms with Gasteiger partial charge in [0.15, 0.2) is 6.61 Å². The molecule has 0 aliphatic heterocycles. The van der Waals surface area contributed by atoms with Gasteiger partial charge in [0.1, 0.15) is 12.7 Å². The van der Waals surface area contributed by atoms with Crippen molar-refractivity contribution in [3.63, 3.8) is 0 Å². The van der Waals surface area contributed by atoms with Crippen molar-refractivity contribution in [1.29, 1.82) is 0 Å². The molecule has 0 aromatic heterocycles. The number of hydrogen-bond acceptors (Lipinski definition) is 3. The first kappa shape index (κ1) is 9.93. The molecule has 11 heavy (non-hydrogen) atoms. The Morgan fingerprint density at radius 2 is 2.00 bits per heavy atom. The first-order chi connectivity index (χ1) is 4.95. The highest BCUT2D eigenvalue weighted by molar-refractivity contribution is 5.83. The Bertz CT molecular complexity index is 152. The number of rotatable bonds is 3. The van der Waals surface area contributed by atoms with Crippen LogP contribution in [0.1, 0.15) is 6.42 Å². The van der Waals surface area contributed by atoms with Crippen LogP contribution in [0.5, 0.6) is 0 Å². The Morgan fingerprint density at radius 3 is 2.36 bits per heavy atom. The minimum Gasteiger partial charge on any atom is -0.456 e. The molecule has 6 heteroatoms. The van der Waals surface area contributed by atoms with Gasteiger partial charge in [0.25, 0.3) is 0 Å². The van der Waals surface area contributed by atoms with Crippen LogP contribution in [0.4, 0.5) is 13.2 Å². The minimum absolute atomic E-state index is 0.179. The average molecular weight is 170 g/mol. The molecule has 0 fully saturated rings. The van der Waals surface area contributed by atoms with Crippen molar-refractivity contribution in [1.82, 2.24) is 0 Å². The Balaban J connectivity index is 3.54. The van der Waals surface area contributed by atoms with Crippen LogP contribution < -0.4 is 0 Å². The van der Waals surface area contributed by atoms with Gasteiger partial charge in [0.05, 0.1) is 0 Å². The Labute approximate surface area is 60.1 Å². The standard InChI is InChI=1S/C5H5F3O3/c6-5(7,8)3-11-4(10)1-2-9/h2H,1,3H2. The molecule has 0 aliphatic carbocycles. The Morgan fingerprint density at radius 1 is 1.45 bits per heavy atom. The second-order valence-electron chi connectivity index (χ2n) is 1.65. The maximum absolute atomic E-state index is 11.3. The molecule has 0 aromatic rings. The van der Waals surface area contributed by atoms with E-state index in [1.165, 1.54) is 0 Å². The van der Waals surface area contributed by atoms with Crippen molar-refractivity contribution in [2.45, 2.75) is 12.6 Å². The maximum atomic E-state index is 11.3. The van der Waals surface area contributed by atoms with Gasteiger partial charge in [-0.15, -0.1) is 0 Å². The highest BCUT2D eigenvalue weighted by atomic mass is 19.4. The topological polar surface area (TPSA) is 43.4 Å². The number of ether oxygens (including phenoxy) is 1. The molecule has 3 nitrogen and oxygen atoms in total. The fourth-order valence-electron chi connectivity index (χ4n) is 0.289. The van der Waals surface area contributed by atoms with Crippen LogP contribution in [0.25, 0.3) is 0 Å². The molecule has 0 bridgehead atoms. The molecule has 0 radical (unpaired) electrons. The molecule has 0 heterocycles. The molecule has 0 aromatic carbocycles. The third-order valence-electron chi connectivity index (χ3n) is 0.647. The van der Waals surface area contributed by atoms with Crippen LogP contribution in [0.2, 0.25) is 0 Å². The van der Waals surface area contributed by atoms with Gasteiger partial charge in [0, 0.05) is 0 Å². The summed E-state index contributed by atoms with van der Waals surface area (Å²) in [4.78, 5) is 19.7. The molecule has 0 spiro atoms. The van der Waals surface area contributed by atoms with E-state index in [4.69, 9.17) is 0 Å². The highest BCUT2D eigenvalue weighted by Crippen LogP contribution is 2.14. The zero-order chi connectivity index (χ0) is 8.91. The Kier molecular flexibility index (Phi) is 3.56. The number of alkyl halides is 3. The van der Waals surface area contributed by atoms with Gasteiger partial charge in [-0.1, -0.05) is 0 Å². The lowest BCUT2D eigenvalue weighted by Crippen LogP contribution is -2.20. The fourth-order valence-corrected chi connectivity index (χ4v) is 0.289. The lowest BCUT2D eigenvalue weighted by Gasteiger charge is -2.05. The van der Waals surface area contributed by atoms with Gasteiger partial charge in [-0.25, -0.2) is 0 Å². The third-order valence-corrected chi connectivity index (χ3v) is 0.647. The number of halogens is 3. The first-order valence-electron chi connectivity index (χ1n) is 2.61. The summed E-state index contributed by atoms with van der Waals surface area (Å²) in [6.07, 6.45) is -4.99. The summed E-state index contributed by atoms with van der Waals surface area (Å²) in [6.45, 7) is -1.64. The van der Waals surface area contributed by atoms with Crippen molar-refractivity contribution >= 4 is 12.3 Å². The first-order valence-corrected chi connectivity index (χ1v) is 2.61. The lowest BCUT2D eigenvalue weighted by atomic mass is 10.5. The summed E-state index contributed by atoms with van der Waals surface area (Å²) in [5.41, 5.74) is 0. The number of esters is 1. The fraction of sp³-hybridized carbons (Fsp3) is 0.600. The van der Waals surface area contributed by atoms with Crippen molar-refractivity contribution in [3.8, 4) is 0 Å². The van der Waals surface area contributed by atoms with E-state index in [0.717, 1.165) is 0 Å². The van der Waals surface area contributed by atoms with Gasteiger partial charge in [0.2, 0.25) is 0 Å². The summed E-state index contributed by atoms with van der Waals surface area (Å²) in [6, 6.07) is 0. The molecule has 0 amide bonds. The summed E-state index contributed by atoms with van der Waals surface area (Å²) in [5, 5.41) is 0. The van der Waals surface area contributed by atoms with Crippen molar-refractivity contribution in [2.24, 2.45) is 0 Å². The number of hydrogen-bond donors (Lipinski definition) is 0. The maximum Gasteiger partial charge on any atom is 0.422 e. The van der Waals surface area contributed by atoms with E-state index < -0.39 is 25.2 Å². The molecule has 0 atom stereocenters. The summed E-state index contributed by atoms with van der Waals surface area (Å²) in [5.74, 6) is -1.17. The van der Waals surface area contributed by atoms with E-state index in [0.29, 0.717) is 0 Å². The predicted octanol–water partition coefficient (Wildman–Crippen LogP) is 0.681. The van der Waals surface area contributed by atoms with Gasteiger partial charge >= 0.3 is 12.1 Å². The number of carbonyl (C=O) groups is 2. The van der Waals surface area contributed by atoms with E-state index in [1.807, 2.05) is 0 Å². The Hall–Kier alpha value is -1.07. The van der Waals surface area contributed by atoms with Crippen LogP contribution in [0.3, 0.4) is 0 Å². The van der Waals surface area contributed by atoms with E-state index in [9.17, 15) is 22.8 Å². The molecule has 0 N–H and O–H groups in total. The van der Waals surface area contributed by atoms with E-state index >= 15 is 0 Å². The molecule has 0 saturated heterocycles.